The molecule has 0 unspecified atom stereocenters. The molecule has 4 heteroatoms. The summed E-state index contributed by atoms with van der Waals surface area (Å²) in [4.78, 5) is 7.29. The third-order valence-electron chi connectivity index (χ3n) is 16.7. The van der Waals surface area contributed by atoms with Gasteiger partial charge in [0.25, 0.3) is 0 Å². The molecule has 0 aliphatic carbocycles. The van der Waals surface area contributed by atoms with Crippen molar-refractivity contribution in [3.63, 3.8) is 0 Å². The van der Waals surface area contributed by atoms with Gasteiger partial charge in [0.2, 0.25) is 0 Å². The molecule has 13 aromatic carbocycles. The van der Waals surface area contributed by atoms with E-state index in [1.54, 1.807) is 0 Å². The first-order valence-corrected chi connectivity index (χ1v) is 28.4. The number of aliphatic hydroxyl groups is 1. The summed E-state index contributed by atoms with van der Waals surface area (Å²) >= 11 is 0. The zero-order chi connectivity index (χ0) is 55.4. The summed E-state index contributed by atoms with van der Waals surface area (Å²) in [5.74, 6) is 0. The van der Waals surface area contributed by atoms with Gasteiger partial charge in [0.1, 0.15) is 0 Å². The minimum absolute atomic E-state index is 1.00. The van der Waals surface area contributed by atoms with Crippen molar-refractivity contribution in [2.24, 2.45) is 0 Å². The molecule has 16 rings (SSSR count). The molecule has 3 aliphatic heterocycles. The van der Waals surface area contributed by atoms with Crippen molar-refractivity contribution in [2.75, 3.05) is 21.8 Å². The van der Waals surface area contributed by atoms with Crippen LogP contribution in [-0.2, 0) is 0 Å². The Balaban J connectivity index is 0.00000291. The summed E-state index contributed by atoms with van der Waals surface area (Å²) < 4.78 is 0. The number of hydrogen-bond donors (Lipinski definition) is 1. The van der Waals surface area contributed by atoms with E-state index in [1.165, 1.54) is 66.8 Å². The topological polar surface area (TPSA) is 30.0 Å². The highest BCUT2D eigenvalue weighted by atomic mass is 16.2. The molecule has 1 N–H and O–H groups in total. The van der Waals surface area contributed by atoms with Crippen molar-refractivity contribution < 1.29 is 5.11 Å². The number of rotatable bonds is 6. The number of nitrogens with zero attached hydrogens (tertiary/aromatic N) is 3. The lowest BCUT2D eigenvalue weighted by Gasteiger charge is -2.27. The zero-order valence-electron chi connectivity index (χ0n) is 45.7. The van der Waals surface area contributed by atoms with Crippen molar-refractivity contribution in [1.29, 1.82) is 0 Å². The maximum absolute atomic E-state index is 7.00. The third-order valence-corrected chi connectivity index (χ3v) is 16.7. The molecule has 0 amide bonds. The molecule has 0 radical (unpaired) electrons. The van der Waals surface area contributed by atoms with Crippen LogP contribution in [0.3, 0.4) is 0 Å². The Bertz CT molecular complexity index is 3920. The molecule has 3 aliphatic rings. The van der Waals surface area contributed by atoms with Crippen molar-refractivity contribution >= 4 is 51.2 Å². The van der Waals surface area contributed by atoms with Crippen LogP contribution >= 0.6 is 0 Å². The van der Waals surface area contributed by atoms with E-state index in [0.717, 1.165) is 91.7 Å². The largest absolute Gasteiger partial charge is 0.400 e. The van der Waals surface area contributed by atoms with Gasteiger partial charge in [-0.15, -0.1) is 0 Å². The molecule has 0 aromatic heterocycles. The van der Waals surface area contributed by atoms with Gasteiger partial charge in [0.05, 0.1) is 34.1 Å². The standard InChI is InChI=1S/C78H51N3.CH4O/c1-2-20-62-61(19-1)67-25-7-13-31-73(67)79(74-32-14-8-26-68(62)74)58-43-37-52(38-44-58)55-49-56(53-39-45-59(46-40-53)80-75-33-15-9-27-69(75)63-21-3-4-22-64(63)70-28-10-16-34-76(70)80)51-57(50-55)54-41-47-60(48-42-54)81-77-35-17-11-29-71(77)65-23-5-6-24-66(65)72-30-12-18-36-78(72)81;1-2/h1-51H;2H,1H3. The third kappa shape index (κ3) is 8.34. The molecule has 83 heavy (non-hydrogen) atoms. The Morgan fingerprint density at radius 1 is 0.169 bits per heavy atom. The average molecular weight is 1060 g/mol. The predicted octanol–water partition coefficient (Wildman–Crippen LogP) is 21.6. The quantitative estimate of drug-likeness (QED) is 0.180. The lowest BCUT2D eigenvalue weighted by molar-refractivity contribution is 0.399. The molecule has 4 nitrogen and oxygen atoms in total. The molecule has 0 fully saturated rings. The van der Waals surface area contributed by atoms with Crippen LogP contribution in [0.5, 0.6) is 0 Å². The van der Waals surface area contributed by atoms with Crippen LogP contribution in [0.1, 0.15) is 0 Å². The molecular weight excluding hydrogens is 1010 g/mol. The maximum atomic E-state index is 7.00. The number of benzene rings is 13. The lowest BCUT2D eigenvalue weighted by atomic mass is 9.93. The monoisotopic (exact) mass is 1060 g/mol. The second-order valence-corrected chi connectivity index (χ2v) is 21.2. The smallest absolute Gasteiger partial charge is 0.0540 e. The number of hydrogen-bond acceptors (Lipinski definition) is 4. The van der Waals surface area contributed by atoms with Crippen LogP contribution in [0.25, 0.3) is 100 Å². The maximum Gasteiger partial charge on any atom is 0.0540 e. The fraction of sp³-hybridized carbons (Fsp3) is 0.0127. The molecule has 0 saturated carbocycles. The minimum atomic E-state index is 1.00. The van der Waals surface area contributed by atoms with Crippen LogP contribution in [0.15, 0.2) is 309 Å². The van der Waals surface area contributed by atoms with E-state index in [2.05, 4.69) is 324 Å². The van der Waals surface area contributed by atoms with E-state index in [9.17, 15) is 0 Å². The van der Waals surface area contributed by atoms with Crippen molar-refractivity contribution in [3.8, 4) is 100 Å². The molecule has 392 valence electrons. The van der Waals surface area contributed by atoms with Gasteiger partial charge in [-0.05, 0) is 158 Å². The second-order valence-electron chi connectivity index (χ2n) is 21.2. The summed E-state index contributed by atoms with van der Waals surface area (Å²) in [5, 5.41) is 7.00. The van der Waals surface area contributed by atoms with Crippen molar-refractivity contribution in [2.45, 2.75) is 0 Å². The van der Waals surface area contributed by atoms with E-state index in [4.69, 9.17) is 5.11 Å². The van der Waals surface area contributed by atoms with Crippen molar-refractivity contribution in [1.82, 2.24) is 0 Å². The van der Waals surface area contributed by atoms with E-state index in [1.807, 2.05) is 0 Å². The van der Waals surface area contributed by atoms with Crippen LogP contribution in [0, 0.1) is 0 Å². The van der Waals surface area contributed by atoms with Gasteiger partial charge in [0.15, 0.2) is 0 Å². The number of para-hydroxylation sites is 6. The first-order chi connectivity index (χ1) is 41.2. The van der Waals surface area contributed by atoms with E-state index in [0.29, 0.717) is 0 Å². The first kappa shape index (κ1) is 49.3. The zero-order valence-corrected chi connectivity index (χ0v) is 45.7. The highest BCUT2D eigenvalue weighted by Gasteiger charge is 2.29. The van der Waals surface area contributed by atoms with E-state index in [-0.39, 0.29) is 0 Å². The normalized spacial score (nSPS) is 12.1. The highest BCUT2D eigenvalue weighted by molar-refractivity contribution is 6.05. The highest BCUT2D eigenvalue weighted by Crippen LogP contribution is 2.54. The molecule has 0 spiro atoms. The molecule has 0 atom stereocenters. The molecule has 0 bridgehead atoms. The van der Waals surface area contributed by atoms with Gasteiger partial charge in [0, 0.05) is 57.6 Å². The molecular formula is C79H55N3O. The Hall–Kier alpha value is -10.8. The Labute approximate surface area is 485 Å². The van der Waals surface area contributed by atoms with Gasteiger partial charge in [-0.1, -0.05) is 218 Å². The Kier molecular flexibility index (Phi) is 12.3. The van der Waals surface area contributed by atoms with Gasteiger partial charge in [-0.2, -0.15) is 0 Å². The second kappa shape index (κ2) is 20.7. The lowest BCUT2D eigenvalue weighted by Crippen LogP contribution is -2.10. The first-order valence-electron chi connectivity index (χ1n) is 28.4. The SMILES string of the molecule is CO.c1ccc2c(c1)-c1ccccc1N(c1ccc(-c3cc(-c4ccc(N5c6ccccc6-c6ccccc6-c6ccccc65)cc4)cc(-c4ccc(N5c6ccccc6-c6ccccc6-c6ccccc65)cc4)c3)cc1)c1ccccc1-2. The van der Waals surface area contributed by atoms with Crippen LogP contribution in [-0.4, -0.2) is 12.2 Å². The summed E-state index contributed by atoms with van der Waals surface area (Å²) in [6.45, 7) is 0. The molecule has 13 aromatic rings. The van der Waals surface area contributed by atoms with Crippen LogP contribution in [0.2, 0.25) is 0 Å². The molecule has 3 heterocycles. The number of fused-ring (bicyclic) bond motifs is 15. The van der Waals surface area contributed by atoms with Gasteiger partial charge >= 0.3 is 0 Å². The summed E-state index contributed by atoms with van der Waals surface area (Å²) in [6, 6.07) is 114. The number of anilines is 9. The summed E-state index contributed by atoms with van der Waals surface area (Å²) in [7, 11) is 1.00. The van der Waals surface area contributed by atoms with Crippen LogP contribution in [0.4, 0.5) is 51.2 Å². The summed E-state index contributed by atoms with van der Waals surface area (Å²) in [6.07, 6.45) is 0. The minimum Gasteiger partial charge on any atom is -0.400 e. The van der Waals surface area contributed by atoms with Crippen LogP contribution < -0.4 is 14.7 Å². The Morgan fingerprint density at radius 3 is 0.506 bits per heavy atom. The average Bonchev–Trinajstić information content (AvgIpc) is 3.88. The van der Waals surface area contributed by atoms with Gasteiger partial charge in [-0.25, -0.2) is 0 Å². The van der Waals surface area contributed by atoms with Gasteiger partial charge in [-0.3, -0.25) is 0 Å². The fourth-order valence-electron chi connectivity index (χ4n) is 13.0. The predicted molar refractivity (Wildman–Crippen MR) is 348 cm³/mol. The fourth-order valence-corrected chi connectivity index (χ4v) is 13.0. The summed E-state index contributed by atoms with van der Waals surface area (Å²) in [5.41, 5.74) is 31.9. The van der Waals surface area contributed by atoms with E-state index < -0.39 is 0 Å². The Morgan fingerprint density at radius 2 is 0.325 bits per heavy atom. The van der Waals surface area contributed by atoms with E-state index >= 15 is 0 Å². The van der Waals surface area contributed by atoms with Gasteiger partial charge < -0.3 is 19.8 Å². The van der Waals surface area contributed by atoms with Crippen molar-refractivity contribution in [3.05, 3.63) is 309 Å². The number of aliphatic hydroxyl groups excluding tert-OH is 1. The molecule has 0 saturated heterocycles.